The van der Waals surface area contributed by atoms with Crippen LogP contribution in [0.3, 0.4) is 0 Å². The van der Waals surface area contributed by atoms with Crippen LogP contribution in [0.2, 0.25) is 5.02 Å². The number of nitrogens with zero attached hydrogens (tertiary/aromatic N) is 2. The highest BCUT2D eigenvalue weighted by atomic mass is 35.5. The monoisotopic (exact) mass is 371 g/mol. The Morgan fingerprint density at radius 3 is 2.27 bits per heavy atom. The molecule has 6 nitrogen and oxygen atoms in total. The van der Waals surface area contributed by atoms with Crippen LogP contribution in [0.5, 0.6) is 17.2 Å². The predicted octanol–water partition coefficient (Wildman–Crippen LogP) is 4.57. The van der Waals surface area contributed by atoms with E-state index in [4.69, 9.17) is 25.8 Å². The summed E-state index contributed by atoms with van der Waals surface area (Å²) in [6.45, 7) is 0. The summed E-state index contributed by atoms with van der Waals surface area (Å²) in [5, 5.41) is 3.78. The fourth-order valence-electron chi connectivity index (χ4n) is 2.50. The van der Waals surface area contributed by atoms with E-state index in [0.29, 0.717) is 33.9 Å². The summed E-state index contributed by atoms with van der Waals surface area (Å²) in [5.41, 5.74) is 2.33. The van der Waals surface area contributed by atoms with Gasteiger partial charge in [-0.1, -0.05) is 17.7 Å². The van der Waals surface area contributed by atoms with E-state index in [2.05, 4.69) is 15.3 Å². The second-order valence-electron chi connectivity index (χ2n) is 5.31. The van der Waals surface area contributed by atoms with Crippen LogP contribution in [0, 0.1) is 0 Å². The van der Waals surface area contributed by atoms with Crippen LogP contribution >= 0.6 is 11.6 Å². The average molecular weight is 372 g/mol. The van der Waals surface area contributed by atoms with Gasteiger partial charge in [-0.3, -0.25) is 0 Å². The molecule has 0 aliphatic rings. The number of benzene rings is 2. The standard InChI is InChI=1S/C19H18ClN3O3/c1-24-16-9-12(10-17(25-2)18(16)26-3)15-7-8-21-19(23-15)22-14-6-4-5-13(20)11-14/h4-11H,1-3H3,(H,21,22,23). The molecular formula is C19H18ClN3O3. The quantitative estimate of drug-likeness (QED) is 0.684. The second kappa shape index (κ2) is 7.93. The fraction of sp³-hybridized carbons (Fsp3) is 0.158. The number of hydrogen-bond donors (Lipinski definition) is 1. The van der Waals surface area contributed by atoms with Gasteiger partial charge < -0.3 is 19.5 Å². The zero-order chi connectivity index (χ0) is 18.5. The topological polar surface area (TPSA) is 65.5 Å². The first-order valence-electron chi connectivity index (χ1n) is 7.80. The number of aromatic nitrogens is 2. The van der Waals surface area contributed by atoms with E-state index in [1.165, 1.54) is 0 Å². The van der Waals surface area contributed by atoms with Gasteiger partial charge in [0.1, 0.15) is 0 Å². The zero-order valence-corrected chi connectivity index (χ0v) is 15.4. The van der Waals surface area contributed by atoms with Gasteiger partial charge in [-0.25, -0.2) is 9.97 Å². The zero-order valence-electron chi connectivity index (χ0n) is 14.6. The van der Waals surface area contributed by atoms with Crippen LogP contribution in [-0.4, -0.2) is 31.3 Å². The van der Waals surface area contributed by atoms with E-state index in [1.807, 2.05) is 30.3 Å². The summed E-state index contributed by atoms with van der Waals surface area (Å²) >= 11 is 6.01. The summed E-state index contributed by atoms with van der Waals surface area (Å²) < 4.78 is 16.2. The molecule has 0 aliphatic carbocycles. The molecule has 0 fully saturated rings. The summed E-state index contributed by atoms with van der Waals surface area (Å²) in [5.74, 6) is 2.11. The van der Waals surface area contributed by atoms with Crippen LogP contribution in [0.15, 0.2) is 48.7 Å². The number of ether oxygens (including phenoxy) is 3. The number of anilines is 2. The normalized spacial score (nSPS) is 10.3. The summed E-state index contributed by atoms with van der Waals surface area (Å²) in [6.07, 6.45) is 1.68. The summed E-state index contributed by atoms with van der Waals surface area (Å²) in [6, 6.07) is 12.8. The maximum Gasteiger partial charge on any atom is 0.227 e. The highest BCUT2D eigenvalue weighted by Gasteiger charge is 2.15. The molecule has 0 atom stereocenters. The third-order valence-electron chi connectivity index (χ3n) is 3.70. The minimum atomic E-state index is 0.457. The minimum Gasteiger partial charge on any atom is -0.493 e. The molecule has 7 heteroatoms. The number of halogens is 1. The smallest absolute Gasteiger partial charge is 0.227 e. The summed E-state index contributed by atoms with van der Waals surface area (Å²) in [4.78, 5) is 8.81. The van der Waals surface area contributed by atoms with Gasteiger partial charge >= 0.3 is 0 Å². The Kier molecular flexibility index (Phi) is 5.43. The Balaban J connectivity index is 1.97. The third kappa shape index (κ3) is 3.81. The number of methoxy groups -OCH3 is 3. The van der Waals surface area contributed by atoms with Gasteiger partial charge in [-0.15, -0.1) is 0 Å². The highest BCUT2D eigenvalue weighted by Crippen LogP contribution is 2.40. The van der Waals surface area contributed by atoms with E-state index in [1.54, 1.807) is 39.7 Å². The maximum absolute atomic E-state index is 6.01. The van der Waals surface area contributed by atoms with Crippen LogP contribution in [0.4, 0.5) is 11.6 Å². The molecule has 1 N–H and O–H groups in total. The van der Waals surface area contributed by atoms with Crippen LogP contribution < -0.4 is 19.5 Å². The molecule has 3 rings (SSSR count). The largest absolute Gasteiger partial charge is 0.493 e. The van der Waals surface area contributed by atoms with Crippen molar-refractivity contribution in [2.24, 2.45) is 0 Å². The van der Waals surface area contributed by atoms with Gasteiger partial charge in [0, 0.05) is 22.5 Å². The van der Waals surface area contributed by atoms with Crippen molar-refractivity contribution in [3.8, 4) is 28.5 Å². The fourth-order valence-corrected chi connectivity index (χ4v) is 2.69. The van der Waals surface area contributed by atoms with Crippen molar-refractivity contribution < 1.29 is 14.2 Å². The Bertz CT molecular complexity index is 893. The molecule has 1 aromatic heterocycles. The molecule has 26 heavy (non-hydrogen) atoms. The van der Waals surface area contributed by atoms with Crippen LogP contribution in [-0.2, 0) is 0 Å². The number of hydrogen-bond acceptors (Lipinski definition) is 6. The van der Waals surface area contributed by atoms with Gasteiger partial charge in [0.15, 0.2) is 11.5 Å². The van der Waals surface area contributed by atoms with Crippen LogP contribution in [0.1, 0.15) is 0 Å². The van der Waals surface area contributed by atoms with E-state index >= 15 is 0 Å². The van der Waals surface area contributed by atoms with Crippen molar-refractivity contribution in [3.63, 3.8) is 0 Å². The van der Waals surface area contributed by atoms with Crippen LogP contribution in [0.25, 0.3) is 11.3 Å². The molecule has 3 aromatic rings. The third-order valence-corrected chi connectivity index (χ3v) is 3.93. The van der Waals surface area contributed by atoms with Crippen molar-refractivity contribution >= 4 is 23.2 Å². The van der Waals surface area contributed by atoms with Crippen molar-refractivity contribution in [2.45, 2.75) is 0 Å². The molecule has 0 unspecified atom stereocenters. The Labute approximate surface area is 156 Å². The first kappa shape index (κ1) is 17.8. The minimum absolute atomic E-state index is 0.457. The molecule has 1 heterocycles. The highest BCUT2D eigenvalue weighted by molar-refractivity contribution is 6.30. The van der Waals surface area contributed by atoms with Crippen molar-refractivity contribution in [3.05, 3.63) is 53.7 Å². The average Bonchev–Trinajstić information content (AvgIpc) is 2.67. The lowest BCUT2D eigenvalue weighted by Gasteiger charge is -2.14. The van der Waals surface area contributed by atoms with Gasteiger partial charge in [0.05, 0.1) is 27.0 Å². The molecule has 2 aromatic carbocycles. The molecule has 0 radical (unpaired) electrons. The molecule has 0 aliphatic heterocycles. The van der Waals surface area contributed by atoms with Crippen molar-refractivity contribution in [2.75, 3.05) is 26.6 Å². The SMILES string of the molecule is COc1cc(-c2ccnc(Nc3cccc(Cl)c3)n2)cc(OC)c1OC. The molecule has 0 bridgehead atoms. The molecule has 0 saturated carbocycles. The lowest BCUT2D eigenvalue weighted by atomic mass is 10.1. The second-order valence-corrected chi connectivity index (χ2v) is 5.75. The van der Waals surface area contributed by atoms with E-state index in [0.717, 1.165) is 11.3 Å². The molecule has 0 spiro atoms. The van der Waals surface area contributed by atoms with Gasteiger partial charge in [-0.2, -0.15) is 0 Å². The molecular weight excluding hydrogens is 354 g/mol. The van der Waals surface area contributed by atoms with Gasteiger partial charge in [0.25, 0.3) is 0 Å². The number of nitrogens with one attached hydrogen (secondary N) is 1. The van der Waals surface area contributed by atoms with E-state index < -0.39 is 0 Å². The Morgan fingerprint density at radius 2 is 1.65 bits per heavy atom. The molecule has 0 amide bonds. The number of rotatable bonds is 6. The van der Waals surface area contributed by atoms with Gasteiger partial charge in [-0.05, 0) is 36.4 Å². The molecule has 0 saturated heterocycles. The maximum atomic E-state index is 6.01. The lowest BCUT2D eigenvalue weighted by Crippen LogP contribution is -1.99. The van der Waals surface area contributed by atoms with E-state index in [9.17, 15) is 0 Å². The first-order valence-corrected chi connectivity index (χ1v) is 8.18. The van der Waals surface area contributed by atoms with Crippen molar-refractivity contribution in [1.82, 2.24) is 9.97 Å². The first-order chi connectivity index (χ1) is 12.6. The Morgan fingerprint density at radius 1 is 0.923 bits per heavy atom. The molecule has 134 valence electrons. The lowest BCUT2D eigenvalue weighted by molar-refractivity contribution is 0.324. The Hall–Kier alpha value is -2.99. The predicted molar refractivity (Wildman–Crippen MR) is 102 cm³/mol. The van der Waals surface area contributed by atoms with Crippen molar-refractivity contribution in [1.29, 1.82) is 0 Å². The van der Waals surface area contributed by atoms with E-state index in [-0.39, 0.29) is 0 Å². The van der Waals surface area contributed by atoms with Gasteiger partial charge in [0.2, 0.25) is 11.7 Å². The summed E-state index contributed by atoms with van der Waals surface area (Å²) in [7, 11) is 4.72.